The summed E-state index contributed by atoms with van der Waals surface area (Å²) in [5, 5.41) is 11.0. The van der Waals surface area contributed by atoms with Crippen LogP contribution in [0.3, 0.4) is 0 Å². The summed E-state index contributed by atoms with van der Waals surface area (Å²) >= 11 is 0. The third kappa shape index (κ3) is 4.06. The van der Waals surface area contributed by atoms with Crippen molar-refractivity contribution in [2.24, 2.45) is 5.92 Å². The topological polar surface area (TPSA) is 112 Å². The second-order valence-corrected chi connectivity index (χ2v) is 8.31. The molecule has 1 N–H and O–H groups in total. The molecule has 7 atom stereocenters. The number of carbonyl (C=O) groups excluding carboxylic acids is 3. The molecular formula is C22H28O8. The second-order valence-electron chi connectivity index (χ2n) is 8.31. The summed E-state index contributed by atoms with van der Waals surface area (Å²) < 4.78 is 22.3. The highest BCUT2D eigenvalue weighted by atomic mass is 16.6. The first-order chi connectivity index (χ1) is 14.0. The molecule has 3 aliphatic rings. The van der Waals surface area contributed by atoms with Gasteiger partial charge in [0.05, 0.1) is 17.6 Å². The van der Waals surface area contributed by atoms with Crippen LogP contribution in [0.25, 0.3) is 0 Å². The van der Waals surface area contributed by atoms with Crippen molar-refractivity contribution < 1.29 is 38.4 Å². The van der Waals surface area contributed by atoms with E-state index in [9.17, 15) is 19.5 Å². The Balaban J connectivity index is 1.99. The molecule has 8 nitrogen and oxygen atoms in total. The molecule has 8 heteroatoms. The fourth-order valence-corrected chi connectivity index (χ4v) is 4.13. The normalized spacial score (nSPS) is 38.8. The second kappa shape index (κ2) is 8.00. The van der Waals surface area contributed by atoms with Gasteiger partial charge in [0.15, 0.2) is 0 Å². The first kappa shape index (κ1) is 22.2. The van der Waals surface area contributed by atoms with Crippen LogP contribution in [0.4, 0.5) is 0 Å². The quantitative estimate of drug-likeness (QED) is 0.242. The van der Waals surface area contributed by atoms with Gasteiger partial charge >= 0.3 is 17.9 Å². The molecule has 1 saturated carbocycles. The van der Waals surface area contributed by atoms with Crippen LogP contribution in [0.2, 0.25) is 0 Å². The average molecular weight is 420 g/mol. The van der Waals surface area contributed by atoms with Crippen LogP contribution in [0.1, 0.15) is 40.5 Å². The molecule has 0 amide bonds. The number of rotatable bonds is 3. The lowest BCUT2D eigenvalue weighted by Gasteiger charge is -2.34. The summed E-state index contributed by atoms with van der Waals surface area (Å²) in [6, 6.07) is 0. The van der Waals surface area contributed by atoms with E-state index in [0.717, 1.165) is 0 Å². The molecule has 0 radical (unpaired) electrons. The number of fused-ring (bicyclic) bond motifs is 2. The molecular weight excluding hydrogens is 392 g/mol. The molecule has 0 unspecified atom stereocenters. The molecule has 2 heterocycles. The van der Waals surface area contributed by atoms with Gasteiger partial charge in [-0.25, -0.2) is 9.59 Å². The molecule has 3 rings (SSSR count). The Labute approximate surface area is 175 Å². The molecule has 1 aliphatic carbocycles. The highest BCUT2D eigenvalue weighted by molar-refractivity contribution is 5.91. The Morgan fingerprint density at radius 3 is 2.53 bits per heavy atom. The van der Waals surface area contributed by atoms with Gasteiger partial charge in [-0.2, -0.15) is 0 Å². The van der Waals surface area contributed by atoms with Gasteiger partial charge in [-0.3, -0.25) is 4.79 Å². The van der Waals surface area contributed by atoms with Crippen molar-refractivity contribution >= 4 is 17.9 Å². The van der Waals surface area contributed by atoms with Gasteiger partial charge in [-0.15, -0.1) is 0 Å². The fraction of sp³-hybridized carbons (Fsp3) is 0.591. The smallest absolute Gasteiger partial charge is 0.334 e. The minimum Gasteiger partial charge on any atom is -0.458 e. The number of allylic oxidation sites excluding steroid dienone is 1. The van der Waals surface area contributed by atoms with E-state index in [4.69, 9.17) is 18.9 Å². The Bertz CT molecular complexity index is 827. The minimum absolute atomic E-state index is 0.105. The molecule has 30 heavy (non-hydrogen) atoms. The number of epoxide rings is 1. The SMILES string of the molecule is C=C1C(=O)O[C@H]2[C@H]1[C@@H](OC(=O)/C(C)=C\C)C[C@@]1(C)O[C@@H]1C[C@@H](OC(C)=O)C(=C)[C@@H]2O. The Morgan fingerprint density at radius 1 is 1.27 bits per heavy atom. The molecule has 0 aromatic rings. The van der Waals surface area contributed by atoms with E-state index < -0.39 is 53.8 Å². The summed E-state index contributed by atoms with van der Waals surface area (Å²) in [5.41, 5.74) is 0.0508. The fourth-order valence-electron chi connectivity index (χ4n) is 4.13. The van der Waals surface area contributed by atoms with Crippen molar-refractivity contribution in [1.82, 2.24) is 0 Å². The lowest BCUT2D eigenvalue weighted by Crippen LogP contribution is -2.45. The standard InChI is InChI=1S/C22H28O8/c1-7-10(2)20(25)28-15-9-22(6)16(30-22)8-14(27-13(5)23)11(3)18(24)19-17(15)12(4)21(26)29-19/h7,14-19,24H,3-4,8-9H2,1-2,5-6H3/b10-7-/t14-,15+,16-,17-,18+,19+,22-/m1/s1. The number of aliphatic hydroxyl groups excluding tert-OH is 1. The predicted molar refractivity (Wildman–Crippen MR) is 105 cm³/mol. The third-order valence-electron chi connectivity index (χ3n) is 6.16. The first-order valence-electron chi connectivity index (χ1n) is 9.94. The van der Waals surface area contributed by atoms with Gasteiger partial charge in [-0.1, -0.05) is 19.2 Å². The van der Waals surface area contributed by atoms with Gasteiger partial charge in [0.2, 0.25) is 0 Å². The molecule has 3 fully saturated rings. The van der Waals surface area contributed by atoms with Crippen molar-refractivity contribution in [1.29, 1.82) is 0 Å². The van der Waals surface area contributed by atoms with E-state index in [2.05, 4.69) is 13.2 Å². The maximum absolute atomic E-state index is 12.5. The third-order valence-corrected chi connectivity index (χ3v) is 6.16. The van der Waals surface area contributed by atoms with Crippen LogP contribution in [0.15, 0.2) is 36.0 Å². The number of esters is 3. The highest BCUT2D eigenvalue weighted by Gasteiger charge is 2.60. The van der Waals surface area contributed by atoms with E-state index in [1.807, 2.05) is 6.92 Å². The van der Waals surface area contributed by atoms with Crippen molar-refractivity contribution in [2.75, 3.05) is 0 Å². The molecule has 2 aliphatic heterocycles. The number of carbonyl (C=O) groups is 3. The van der Waals surface area contributed by atoms with Gasteiger partial charge in [-0.05, 0) is 26.3 Å². The van der Waals surface area contributed by atoms with Crippen LogP contribution in [0, 0.1) is 5.92 Å². The van der Waals surface area contributed by atoms with E-state index in [-0.39, 0.29) is 30.1 Å². The molecule has 2 saturated heterocycles. The lowest BCUT2D eigenvalue weighted by atomic mass is 9.79. The summed E-state index contributed by atoms with van der Waals surface area (Å²) in [7, 11) is 0. The molecule has 0 spiro atoms. The molecule has 164 valence electrons. The highest BCUT2D eigenvalue weighted by Crippen LogP contribution is 2.49. The molecule has 0 bridgehead atoms. The number of ether oxygens (including phenoxy) is 4. The van der Waals surface area contributed by atoms with Crippen molar-refractivity contribution in [2.45, 2.75) is 76.7 Å². The van der Waals surface area contributed by atoms with Crippen LogP contribution >= 0.6 is 0 Å². The summed E-state index contributed by atoms with van der Waals surface area (Å²) in [6.45, 7) is 14.2. The van der Waals surface area contributed by atoms with E-state index in [1.54, 1.807) is 19.9 Å². The zero-order valence-electron chi connectivity index (χ0n) is 17.7. The summed E-state index contributed by atoms with van der Waals surface area (Å²) in [5.74, 6) is -2.53. The van der Waals surface area contributed by atoms with Crippen LogP contribution in [-0.2, 0) is 33.3 Å². The molecule has 0 aromatic heterocycles. The van der Waals surface area contributed by atoms with Crippen LogP contribution in [0.5, 0.6) is 0 Å². The number of aliphatic hydroxyl groups is 1. The van der Waals surface area contributed by atoms with Crippen molar-refractivity contribution in [3.8, 4) is 0 Å². The zero-order valence-corrected chi connectivity index (χ0v) is 17.7. The average Bonchev–Trinajstić information content (AvgIpc) is 3.20. The van der Waals surface area contributed by atoms with Crippen molar-refractivity contribution in [3.63, 3.8) is 0 Å². The van der Waals surface area contributed by atoms with E-state index >= 15 is 0 Å². The van der Waals surface area contributed by atoms with E-state index in [0.29, 0.717) is 5.57 Å². The van der Waals surface area contributed by atoms with Gasteiger partial charge in [0, 0.05) is 30.9 Å². The number of hydrogen-bond donors (Lipinski definition) is 1. The largest absolute Gasteiger partial charge is 0.458 e. The van der Waals surface area contributed by atoms with Crippen LogP contribution < -0.4 is 0 Å². The monoisotopic (exact) mass is 420 g/mol. The van der Waals surface area contributed by atoms with Gasteiger partial charge in [0.25, 0.3) is 0 Å². The van der Waals surface area contributed by atoms with Crippen molar-refractivity contribution in [3.05, 3.63) is 36.0 Å². The number of hydrogen-bond acceptors (Lipinski definition) is 8. The molecule has 0 aromatic carbocycles. The maximum Gasteiger partial charge on any atom is 0.334 e. The van der Waals surface area contributed by atoms with E-state index in [1.165, 1.54) is 6.92 Å². The van der Waals surface area contributed by atoms with Gasteiger partial charge < -0.3 is 24.1 Å². The summed E-state index contributed by atoms with van der Waals surface area (Å²) in [4.78, 5) is 36.4. The minimum atomic E-state index is -1.34. The summed E-state index contributed by atoms with van der Waals surface area (Å²) in [6.07, 6.45) is -2.13. The Morgan fingerprint density at radius 2 is 1.93 bits per heavy atom. The lowest BCUT2D eigenvalue weighted by molar-refractivity contribution is -0.154. The van der Waals surface area contributed by atoms with Crippen LogP contribution in [-0.4, -0.2) is 59.1 Å². The first-order valence-corrected chi connectivity index (χ1v) is 9.94. The zero-order chi connectivity index (χ0) is 22.4. The predicted octanol–water partition coefficient (Wildman–Crippen LogP) is 1.76. The maximum atomic E-state index is 12.5. The van der Waals surface area contributed by atoms with Gasteiger partial charge in [0.1, 0.15) is 24.4 Å². The Hall–Kier alpha value is -2.45. The Kier molecular flexibility index (Phi) is 5.93.